The van der Waals surface area contributed by atoms with E-state index >= 15 is 0 Å². The molecule has 1 nitrogen and oxygen atoms in total. The van der Waals surface area contributed by atoms with Crippen LogP contribution in [0.3, 0.4) is 0 Å². The zero-order chi connectivity index (χ0) is 73.5. The van der Waals surface area contributed by atoms with Gasteiger partial charge < -0.3 is 4.48 Å². The maximum atomic E-state index is 2.63. The molecule has 1 aliphatic heterocycles. The normalized spacial score (nSPS) is 14.2. The maximum absolute atomic E-state index is 2.63. The summed E-state index contributed by atoms with van der Waals surface area (Å²) in [7, 11) is 0. The molecule has 0 radical (unpaired) electrons. The summed E-state index contributed by atoms with van der Waals surface area (Å²) in [5.74, 6) is 0. The Kier molecular flexibility index (Phi) is 20.3. The fraction of sp³-hybridized carbons (Fsp3) is 0.440. The first-order valence-electron chi connectivity index (χ1n) is 38.8. The lowest BCUT2D eigenvalue weighted by molar-refractivity contribution is -0.953. The fourth-order valence-electron chi connectivity index (χ4n) is 15.6. The summed E-state index contributed by atoms with van der Waals surface area (Å²) >= 11 is 0. The van der Waals surface area contributed by atoms with Crippen molar-refractivity contribution >= 4 is 21.5 Å². The number of quaternary nitrogens is 1. The van der Waals surface area contributed by atoms with Crippen molar-refractivity contribution in [3.05, 3.63) is 225 Å². The standard InChI is InChI=1S/C100H126N/c1-27-29-35-41-101(42-36-30-28-2)63-89-87(75-45-67(71-49-77(93(3,4)5)59-78(50-71)94(6,7)8)43-68(46-75)72-51-79(95(9,10)11)60-80(52-72)96(12,13)14)57-65-37-31-33-39-85(65)91(89)92-86-40-34-32-38-66(86)58-88(90(92)64-101)76-47-69(73-53-81(97(15,16)17)61-82(54-73)98(18,19)20)44-70(48-76)74-55-83(99(21,22)23)62-84(56-74)100(24,25)26/h31-34,37-40,43-62H,27-30,35-36,41-42,63-64H2,1-26H3/q+1. The molecule has 0 amide bonds. The van der Waals surface area contributed by atoms with Crippen LogP contribution in [0.1, 0.15) is 274 Å². The molecule has 0 saturated heterocycles. The van der Waals surface area contributed by atoms with E-state index in [0.717, 1.165) is 30.7 Å². The van der Waals surface area contributed by atoms with Gasteiger partial charge in [-0.05, 0) is 250 Å². The summed E-state index contributed by atoms with van der Waals surface area (Å²) in [4.78, 5) is 0. The Morgan fingerprint density at radius 3 is 0.693 bits per heavy atom. The van der Waals surface area contributed by atoms with Crippen molar-refractivity contribution in [3.8, 4) is 77.9 Å². The van der Waals surface area contributed by atoms with Crippen molar-refractivity contribution in [1.82, 2.24) is 0 Å². The van der Waals surface area contributed by atoms with Gasteiger partial charge >= 0.3 is 0 Å². The Hall–Kier alpha value is -7.32. The molecular formula is C100H126N+. The zero-order valence-electron chi connectivity index (χ0n) is 67.7. The van der Waals surface area contributed by atoms with E-state index in [4.69, 9.17) is 0 Å². The van der Waals surface area contributed by atoms with Gasteiger partial charge in [-0.2, -0.15) is 0 Å². The highest BCUT2D eigenvalue weighted by Gasteiger charge is 2.39. The molecule has 1 aliphatic rings. The van der Waals surface area contributed by atoms with E-state index in [1.54, 1.807) is 0 Å². The van der Waals surface area contributed by atoms with Gasteiger partial charge in [-0.15, -0.1) is 0 Å². The van der Waals surface area contributed by atoms with E-state index in [1.807, 2.05) is 0 Å². The SMILES string of the molecule is CCCCC[N+]1(CCCCC)Cc2c(-c3cc(-c4cc(C(C)(C)C)cc(C(C)(C)C)c4)cc(-c4cc(C(C)(C)C)cc(C(C)(C)C)c4)c3)cc3ccccc3c2-c2c(c(-c3cc(-c4cc(C(C)(C)C)cc(C(C)(C)C)c4)cc(-c4cc(C(C)(C)C)cc(C(C)(C)C)c4)c3)cc3ccccc23)C1. The van der Waals surface area contributed by atoms with Gasteiger partial charge in [0.15, 0.2) is 0 Å². The lowest BCUT2D eigenvalue weighted by Crippen LogP contribution is -2.47. The minimum atomic E-state index is -0.0519. The molecule has 1 heterocycles. The second kappa shape index (κ2) is 27.4. The van der Waals surface area contributed by atoms with Crippen LogP contribution in [0.15, 0.2) is 170 Å². The highest BCUT2D eigenvalue weighted by molar-refractivity contribution is 6.12. The molecule has 10 aromatic carbocycles. The van der Waals surface area contributed by atoms with Crippen LogP contribution in [-0.2, 0) is 56.4 Å². The summed E-state index contributed by atoms with van der Waals surface area (Å²) in [5, 5.41) is 5.24. The topological polar surface area (TPSA) is 0 Å². The molecule has 0 bridgehead atoms. The van der Waals surface area contributed by atoms with Gasteiger partial charge in [0, 0.05) is 22.3 Å². The smallest absolute Gasteiger partial charge is 0.106 e. The summed E-state index contributed by atoms with van der Waals surface area (Å²) in [6.07, 6.45) is 7.14. The van der Waals surface area contributed by atoms with Crippen molar-refractivity contribution in [2.24, 2.45) is 0 Å². The van der Waals surface area contributed by atoms with Gasteiger partial charge in [-0.3, -0.25) is 0 Å². The van der Waals surface area contributed by atoms with Crippen molar-refractivity contribution < 1.29 is 4.48 Å². The Morgan fingerprint density at radius 2 is 0.465 bits per heavy atom. The predicted octanol–water partition coefficient (Wildman–Crippen LogP) is 29.3. The third-order valence-electron chi connectivity index (χ3n) is 22.5. The van der Waals surface area contributed by atoms with Gasteiger partial charge in [0.2, 0.25) is 0 Å². The summed E-state index contributed by atoms with van der Waals surface area (Å²) in [5.41, 5.74) is 31.8. The molecule has 0 fully saturated rings. The summed E-state index contributed by atoms with van der Waals surface area (Å²) < 4.78 is 0.992. The molecular weight excluding hydrogens is 1220 g/mol. The monoisotopic (exact) mass is 1340 g/mol. The number of fused-ring (bicyclic) bond motifs is 7. The summed E-state index contributed by atoms with van der Waals surface area (Å²) in [6.45, 7) is 66.1. The van der Waals surface area contributed by atoms with Crippen LogP contribution in [0.5, 0.6) is 0 Å². The molecule has 10 aromatic rings. The molecule has 0 aliphatic carbocycles. The van der Waals surface area contributed by atoms with Crippen LogP contribution in [0, 0.1) is 0 Å². The first-order valence-corrected chi connectivity index (χ1v) is 38.8. The molecule has 11 rings (SSSR count). The van der Waals surface area contributed by atoms with Crippen molar-refractivity contribution in [2.45, 2.75) is 275 Å². The van der Waals surface area contributed by atoms with Crippen LogP contribution in [-0.4, -0.2) is 17.6 Å². The molecule has 0 saturated carbocycles. The van der Waals surface area contributed by atoms with Gasteiger partial charge in [-0.25, -0.2) is 0 Å². The zero-order valence-corrected chi connectivity index (χ0v) is 67.7. The molecule has 0 spiro atoms. The number of unbranched alkanes of at least 4 members (excludes halogenated alkanes) is 4. The van der Waals surface area contributed by atoms with E-state index in [0.29, 0.717) is 0 Å². The first-order chi connectivity index (χ1) is 46.9. The molecule has 0 N–H and O–H groups in total. The minimum Gasteiger partial charge on any atom is -0.316 e. The Balaban J connectivity index is 1.33. The number of rotatable bonds is 14. The van der Waals surface area contributed by atoms with Crippen LogP contribution < -0.4 is 0 Å². The second-order valence-electron chi connectivity index (χ2n) is 39.3. The minimum absolute atomic E-state index is 0.0519. The lowest BCUT2D eigenvalue weighted by atomic mass is 9.77. The summed E-state index contributed by atoms with van der Waals surface area (Å²) in [6, 6.07) is 69.9. The molecule has 101 heavy (non-hydrogen) atoms. The maximum Gasteiger partial charge on any atom is 0.106 e. The van der Waals surface area contributed by atoms with E-state index in [9.17, 15) is 0 Å². The van der Waals surface area contributed by atoms with Crippen LogP contribution in [0.4, 0.5) is 0 Å². The Labute approximate surface area is 613 Å². The highest BCUT2D eigenvalue weighted by Crippen LogP contribution is 2.53. The molecule has 0 atom stereocenters. The van der Waals surface area contributed by atoms with Crippen molar-refractivity contribution in [3.63, 3.8) is 0 Å². The quantitative estimate of drug-likeness (QED) is 0.0752. The van der Waals surface area contributed by atoms with Crippen LogP contribution in [0.25, 0.3) is 99.4 Å². The molecule has 1 heteroatoms. The lowest BCUT2D eigenvalue weighted by Gasteiger charge is -2.39. The average molecular weight is 1340 g/mol. The number of benzene rings is 10. The van der Waals surface area contributed by atoms with Crippen molar-refractivity contribution in [2.75, 3.05) is 13.1 Å². The third-order valence-corrected chi connectivity index (χ3v) is 22.5. The number of hydrogen-bond acceptors (Lipinski definition) is 0. The van der Waals surface area contributed by atoms with Gasteiger partial charge in [0.25, 0.3) is 0 Å². The van der Waals surface area contributed by atoms with E-state index < -0.39 is 0 Å². The van der Waals surface area contributed by atoms with Crippen molar-refractivity contribution in [1.29, 1.82) is 0 Å². The Bertz CT molecular complexity index is 4100. The Morgan fingerprint density at radius 1 is 0.248 bits per heavy atom. The predicted molar refractivity (Wildman–Crippen MR) is 446 cm³/mol. The number of hydrogen-bond donors (Lipinski definition) is 0. The van der Waals surface area contributed by atoms with E-state index in [1.165, 1.54) is 194 Å². The molecule has 0 aromatic heterocycles. The third kappa shape index (κ3) is 16.2. The van der Waals surface area contributed by atoms with Gasteiger partial charge in [0.05, 0.1) is 13.1 Å². The van der Waals surface area contributed by atoms with Crippen LogP contribution >= 0.6 is 0 Å². The second-order valence-corrected chi connectivity index (χ2v) is 39.3. The largest absolute Gasteiger partial charge is 0.316 e. The van der Waals surface area contributed by atoms with Gasteiger partial charge in [0.1, 0.15) is 13.1 Å². The van der Waals surface area contributed by atoms with E-state index in [2.05, 4.69) is 350 Å². The highest BCUT2D eigenvalue weighted by atomic mass is 15.4. The van der Waals surface area contributed by atoms with Gasteiger partial charge in [-0.1, -0.05) is 314 Å². The van der Waals surface area contributed by atoms with E-state index in [-0.39, 0.29) is 43.3 Å². The molecule has 0 unspecified atom stereocenters. The van der Waals surface area contributed by atoms with Crippen LogP contribution in [0.2, 0.25) is 0 Å². The average Bonchev–Trinajstić information content (AvgIpc) is 1.63. The first kappa shape index (κ1) is 74.9. The fourth-order valence-corrected chi connectivity index (χ4v) is 15.6. The number of nitrogens with zero attached hydrogens (tertiary/aromatic N) is 1. The molecule has 530 valence electrons.